The molecule has 17 heavy (non-hydrogen) atoms. The molecule has 2 aromatic rings. The zero-order chi connectivity index (χ0) is 12.3. The van der Waals surface area contributed by atoms with E-state index < -0.39 is 5.82 Å². The number of aromatic amines is 1. The molecular weight excluding hydrogens is 221 g/mol. The summed E-state index contributed by atoms with van der Waals surface area (Å²) in [6, 6.07) is 4.02. The number of nitrogens with zero attached hydrogens (tertiary/aromatic N) is 1. The fourth-order valence-electron chi connectivity index (χ4n) is 1.63. The van der Waals surface area contributed by atoms with Gasteiger partial charge in [0, 0.05) is 0 Å². The van der Waals surface area contributed by atoms with Crippen LogP contribution in [0.3, 0.4) is 0 Å². The zero-order valence-corrected chi connectivity index (χ0v) is 9.59. The average Bonchev–Trinajstić information content (AvgIpc) is 2.31. The summed E-state index contributed by atoms with van der Waals surface area (Å²) in [5.41, 5.74) is 0.214. The number of halogens is 1. The summed E-state index contributed by atoms with van der Waals surface area (Å²) >= 11 is 0. The lowest BCUT2D eigenvalue weighted by molar-refractivity contribution is 0.628. The molecule has 0 aliphatic rings. The van der Waals surface area contributed by atoms with Crippen LogP contribution in [-0.2, 0) is 6.54 Å². The summed E-state index contributed by atoms with van der Waals surface area (Å²) in [5, 5.41) is 3.43. The highest BCUT2D eigenvalue weighted by Crippen LogP contribution is 2.08. The van der Waals surface area contributed by atoms with Crippen LogP contribution in [-0.4, -0.2) is 16.5 Å². The molecule has 2 rings (SSSR count). The molecule has 0 atom stereocenters. The van der Waals surface area contributed by atoms with Gasteiger partial charge in [-0.1, -0.05) is 6.92 Å². The van der Waals surface area contributed by atoms with Crippen LogP contribution >= 0.6 is 0 Å². The van der Waals surface area contributed by atoms with Gasteiger partial charge in [0.25, 0.3) is 5.56 Å². The van der Waals surface area contributed by atoms with Crippen LogP contribution in [0.1, 0.15) is 19.2 Å². The van der Waals surface area contributed by atoms with Gasteiger partial charge in [0.1, 0.15) is 11.6 Å². The second kappa shape index (κ2) is 5.05. The first-order chi connectivity index (χ1) is 8.20. The molecule has 5 heteroatoms. The lowest BCUT2D eigenvalue weighted by Crippen LogP contribution is -2.20. The molecule has 1 heterocycles. The maximum absolute atomic E-state index is 13.0. The van der Waals surface area contributed by atoms with Crippen LogP contribution in [0.15, 0.2) is 23.0 Å². The molecule has 0 radical (unpaired) electrons. The Morgan fingerprint density at radius 1 is 1.47 bits per heavy atom. The van der Waals surface area contributed by atoms with E-state index >= 15 is 0 Å². The van der Waals surface area contributed by atoms with Gasteiger partial charge >= 0.3 is 0 Å². The van der Waals surface area contributed by atoms with E-state index in [4.69, 9.17) is 0 Å². The van der Waals surface area contributed by atoms with E-state index in [1.165, 1.54) is 18.2 Å². The number of H-pyrrole nitrogens is 1. The Bertz CT molecular complexity index is 579. The fourth-order valence-corrected chi connectivity index (χ4v) is 1.63. The van der Waals surface area contributed by atoms with Crippen molar-refractivity contribution in [2.75, 3.05) is 6.54 Å². The van der Waals surface area contributed by atoms with Crippen LogP contribution in [0, 0.1) is 5.82 Å². The predicted molar refractivity (Wildman–Crippen MR) is 64.3 cm³/mol. The largest absolute Gasteiger partial charge is 0.310 e. The van der Waals surface area contributed by atoms with Crippen molar-refractivity contribution in [1.82, 2.24) is 15.3 Å². The third kappa shape index (κ3) is 2.68. The zero-order valence-electron chi connectivity index (χ0n) is 9.59. The van der Waals surface area contributed by atoms with Crippen LogP contribution < -0.4 is 10.9 Å². The van der Waals surface area contributed by atoms with Gasteiger partial charge in [-0.15, -0.1) is 0 Å². The molecule has 0 amide bonds. The molecule has 0 fully saturated rings. The molecule has 0 bridgehead atoms. The van der Waals surface area contributed by atoms with Crippen molar-refractivity contribution in [2.24, 2.45) is 0 Å². The highest BCUT2D eigenvalue weighted by molar-refractivity contribution is 5.77. The molecule has 0 saturated carbocycles. The highest BCUT2D eigenvalue weighted by Gasteiger charge is 2.04. The predicted octanol–water partition coefficient (Wildman–Crippen LogP) is 1.56. The Morgan fingerprint density at radius 3 is 3.06 bits per heavy atom. The first-order valence-electron chi connectivity index (χ1n) is 5.60. The van der Waals surface area contributed by atoms with Gasteiger partial charge in [-0.3, -0.25) is 4.79 Å². The molecule has 4 nitrogen and oxygen atoms in total. The molecule has 0 unspecified atom stereocenters. The van der Waals surface area contributed by atoms with E-state index in [1.807, 2.05) is 0 Å². The normalized spacial score (nSPS) is 10.9. The molecule has 0 spiro atoms. The minimum atomic E-state index is -0.429. The van der Waals surface area contributed by atoms with Gasteiger partial charge in [-0.05, 0) is 31.2 Å². The number of nitrogens with one attached hydrogen (secondary N) is 2. The number of aromatic nitrogens is 2. The van der Waals surface area contributed by atoms with Crippen LogP contribution in [0.2, 0.25) is 0 Å². The maximum Gasteiger partial charge on any atom is 0.258 e. The maximum atomic E-state index is 13.0. The molecular formula is C12H14FN3O. The minimum Gasteiger partial charge on any atom is -0.310 e. The topological polar surface area (TPSA) is 57.8 Å². The molecule has 0 aliphatic carbocycles. The standard InChI is InChI=1S/C12H14FN3O/c1-2-5-14-7-11-15-10-4-3-8(13)6-9(10)12(17)16-11/h3-4,6,14H,2,5,7H2,1H3,(H,15,16,17). The third-order valence-electron chi connectivity index (χ3n) is 2.44. The van der Waals surface area contributed by atoms with Gasteiger partial charge < -0.3 is 10.3 Å². The Kier molecular flexibility index (Phi) is 3.49. The molecule has 90 valence electrons. The number of hydrogen-bond acceptors (Lipinski definition) is 3. The first kappa shape index (κ1) is 11.7. The number of rotatable bonds is 4. The Hall–Kier alpha value is -1.75. The van der Waals surface area contributed by atoms with E-state index in [0.29, 0.717) is 17.9 Å². The molecule has 0 saturated heterocycles. The van der Waals surface area contributed by atoms with Crippen molar-refractivity contribution in [3.63, 3.8) is 0 Å². The van der Waals surface area contributed by atoms with Crippen LogP contribution in [0.25, 0.3) is 10.9 Å². The van der Waals surface area contributed by atoms with Crippen molar-refractivity contribution in [2.45, 2.75) is 19.9 Å². The van der Waals surface area contributed by atoms with Gasteiger partial charge in [-0.25, -0.2) is 9.37 Å². The average molecular weight is 235 g/mol. The van der Waals surface area contributed by atoms with E-state index in [-0.39, 0.29) is 10.9 Å². The van der Waals surface area contributed by atoms with Gasteiger partial charge in [0.05, 0.1) is 17.4 Å². The summed E-state index contributed by atoms with van der Waals surface area (Å²) in [6.45, 7) is 3.44. The van der Waals surface area contributed by atoms with Crippen molar-refractivity contribution >= 4 is 10.9 Å². The summed E-state index contributed by atoms with van der Waals surface area (Å²) in [4.78, 5) is 18.6. The minimum absolute atomic E-state index is 0.282. The van der Waals surface area contributed by atoms with Gasteiger partial charge in [-0.2, -0.15) is 0 Å². The van der Waals surface area contributed by atoms with Crippen molar-refractivity contribution in [3.8, 4) is 0 Å². The quantitative estimate of drug-likeness (QED) is 0.791. The number of fused-ring (bicyclic) bond motifs is 1. The van der Waals surface area contributed by atoms with Crippen molar-refractivity contribution in [1.29, 1.82) is 0 Å². The van der Waals surface area contributed by atoms with Crippen LogP contribution in [0.5, 0.6) is 0 Å². The number of benzene rings is 1. The van der Waals surface area contributed by atoms with Crippen molar-refractivity contribution in [3.05, 3.63) is 40.2 Å². The summed E-state index contributed by atoms with van der Waals surface area (Å²) in [7, 11) is 0. The molecule has 1 aromatic carbocycles. The van der Waals surface area contributed by atoms with E-state index in [1.54, 1.807) is 0 Å². The molecule has 1 aromatic heterocycles. The third-order valence-corrected chi connectivity index (χ3v) is 2.44. The lowest BCUT2D eigenvalue weighted by Gasteiger charge is -2.04. The molecule has 2 N–H and O–H groups in total. The first-order valence-corrected chi connectivity index (χ1v) is 5.60. The number of hydrogen-bond donors (Lipinski definition) is 2. The smallest absolute Gasteiger partial charge is 0.258 e. The monoisotopic (exact) mass is 235 g/mol. The Morgan fingerprint density at radius 2 is 2.29 bits per heavy atom. The fraction of sp³-hybridized carbons (Fsp3) is 0.333. The van der Waals surface area contributed by atoms with Crippen LogP contribution in [0.4, 0.5) is 4.39 Å². The van der Waals surface area contributed by atoms with Gasteiger partial charge in [0.2, 0.25) is 0 Å². The summed E-state index contributed by atoms with van der Waals surface area (Å²) < 4.78 is 13.0. The highest BCUT2D eigenvalue weighted by atomic mass is 19.1. The summed E-state index contributed by atoms with van der Waals surface area (Å²) in [6.07, 6.45) is 1.02. The Labute approximate surface area is 97.9 Å². The second-order valence-corrected chi connectivity index (χ2v) is 3.85. The van der Waals surface area contributed by atoms with E-state index in [9.17, 15) is 9.18 Å². The summed E-state index contributed by atoms with van der Waals surface area (Å²) in [5.74, 6) is 0.143. The Balaban J connectivity index is 2.35. The van der Waals surface area contributed by atoms with E-state index in [2.05, 4.69) is 22.2 Å². The lowest BCUT2D eigenvalue weighted by atomic mass is 10.2. The second-order valence-electron chi connectivity index (χ2n) is 3.85. The SMILES string of the molecule is CCCNCc1nc2ccc(F)cc2c(=O)[nH]1. The van der Waals surface area contributed by atoms with Crippen molar-refractivity contribution < 1.29 is 4.39 Å². The molecule has 0 aliphatic heterocycles. The van der Waals surface area contributed by atoms with Gasteiger partial charge in [0.15, 0.2) is 0 Å². The van der Waals surface area contributed by atoms with E-state index in [0.717, 1.165) is 13.0 Å².